The first kappa shape index (κ1) is 11.7. The van der Waals surface area contributed by atoms with Gasteiger partial charge in [-0.25, -0.2) is 4.79 Å². The van der Waals surface area contributed by atoms with Gasteiger partial charge in [0.05, 0.1) is 6.10 Å². The van der Waals surface area contributed by atoms with Gasteiger partial charge in [-0.3, -0.25) is 0 Å². The van der Waals surface area contributed by atoms with Crippen molar-refractivity contribution in [3.05, 3.63) is 30.1 Å². The molecule has 0 saturated heterocycles. The molecule has 1 aromatic heterocycles. The quantitative estimate of drug-likeness (QED) is 0.562. The lowest BCUT2D eigenvalue weighted by atomic mass is 10.3. The minimum absolute atomic E-state index is 0.0849. The molecule has 0 spiro atoms. The van der Waals surface area contributed by atoms with Gasteiger partial charge in [-0.05, 0) is 33.8 Å². The number of pyridine rings is 1. The SMILES string of the molecule is CC(C)OC(=O)c1cccc[n+]1C(C)C. The van der Waals surface area contributed by atoms with Gasteiger partial charge in [-0.1, -0.05) is 0 Å². The Morgan fingerprint density at radius 3 is 2.47 bits per heavy atom. The number of esters is 1. The highest BCUT2D eigenvalue weighted by Gasteiger charge is 2.22. The molecule has 0 amide bonds. The Balaban J connectivity index is 2.97. The van der Waals surface area contributed by atoms with E-state index in [2.05, 4.69) is 0 Å². The van der Waals surface area contributed by atoms with Crippen LogP contribution in [-0.2, 0) is 4.74 Å². The summed E-state index contributed by atoms with van der Waals surface area (Å²) in [7, 11) is 0. The maximum Gasteiger partial charge on any atom is 0.403 e. The second kappa shape index (κ2) is 4.91. The van der Waals surface area contributed by atoms with Gasteiger partial charge in [-0.15, -0.1) is 0 Å². The van der Waals surface area contributed by atoms with E-state index in [4.69, 9.17) is 4.74 Å². The van der Waals surface area contributed by atoms with Crippen LogP contribution in [0.3, 0.4) is 0 Å². The molecule has 0 N–H and O–H groups in total. The fraction of sp³-hybridized carbons (Fsp3) is 0.500. The number of hydrogen-bond acceptors (Lipinski definition) is 2. The minimum atomic E-state index is -0.265. The average molecular weight is 208 g/mol. The molecule has 0 fully saturated rings. The minimum Gasteiger partial charge on any atom is -0.455 e. The van der Waals surface area contributed by atoms with E-state index in [1.165, 1.54) is 0 Å². The Morgan fingerprint density at radius 1 is 1.27 bits per heavy atom. The molecule has 0 aromatic carbocycles. The molecule has 1 aromatic rings. The Morgan fingerprint density at radius 2 is 1.93 bits per heavy atom. The topological polar surface area (TPSA) is 30.2 Å². The number of rotatable bonds is 3. The predicted molar refractivity (Wildman–Crippen MR) is 57.6 cm³/mol. The molecule has 0 bridgehead atoms. The first-order chi connectivity index (χ1) is 7.02. The predicted octanol–water partition coefficient (Wildman–Crippen LogP) is 2.12. The number of carbonyl (C=O) groups excluding carboxylic acids is 1. The van der Waals surface area contributed by atoms with Crippen LogP contribution in [0.2, 0.25) is 0 Å². The van der Waals surface area contributed by atoms with Crippen LogP contribution in [0.25, 0.3) is 0 Å². The smallest absolute Gasteiger partial charge is 0.403 e. The van der Waals surface area contributed by atoms with Gasteiger partial charge < -0.3 is 4.74 Å². The molecule has 0 radical (unpaired) electrons. The summed E-state index contributed by atoms with van der Waals surface area (Å²) in [5, 5.41) is 0. The second-order valence-corrected chi connectivity index (χ2v) is 4.04. The van der Waals surface area contributed by atoms with Crippen LogP contribution >= 0.6 is 0 Å². The highest BCUT2D eigenvalue weighted by Crippen LogP contribution is 2.02. The van der Waals surface area contributed by atoms with E-state index in [1.807, 2.05) is 50.6 Å². The van der Waals surface area contributed by atoms with E-state index in [9.17, 15) is 4.79 Å². The normalized spacial score (nSPS) is 10.8. The van der Waals surface area contributed by atoms with Gasteiger partial charge in [0.2, 0.25) is 0 Å². The third kappa shape index (κ3) is 3.05. The van der Waals surface area contributed by atoms with Crippen LogP contribution in [0.1, 0.15) is 44.2 Å². The number of carbonyl (C=O) groups is 1. The number of aromatic nitrogens is 1. The van der Waals surface area contributed by atoms with Crippen molar-refractivity contribution in [1.82, 2.24) is 0 Å². The molecular formula is C12H18NO2+. The Labute approximate surface area is 90.7 Å². The Kier molecular flexibility index (Phi) is 3.83. The van der Waals surface area contributed by atoms with E-state index in [-0.39, 0.29) is 18.1 Å². The van der Waals surface area contributed by atoms with Gasteiger partial charge >= 0.3 is 5.97 Å². The van der Waals surface area contributed by atoms with Crippen LogP contribution in [0.5, 0.6) is 0 Å². The molecule has 3 nitrogen and oxygen atoms in total. The lowest BCUT2D eigenvalue weighted by Crippen LogP contribution is -2.42. The second-order valence-electron chi connectivity index (χ2n) is 4.04. The average Bonchev–Trinajstić information content (AvgIpc) is 2.16. The van der Waals surface area contributed by atoms with Crippen molar-refractivity contribution in [1.29, 1.82) is 0 Å². The van der Waals surface area contributed by atoms with E-state index in [0.29, 0.717) is 5.69 Å². The van der Waals surface area contributed by atoms with Crippen molar-refractivity contribution < 1.29 is 14.1 Å². The zero-order chi connectivity index (χ0) is 11.4. The largest absolute Gasteiger partial charge is 0.455 e. The van der Waals surface area contributed by atoms with E-state index >= 15 is 0 Å². The number of nitrogens with zero attached hydrogens (tertiary/aromatic N) is 1. The van der Waals surface area contributed by atoms with Gasteiger partial charge in [0.15, 0.2) is 12.2 Å². The monoisotopic (exact) mass is 208 g/mol. The lowest BCUT2D eigenvalue weighted by Gasteiger charge is -2.08. The molecule has 0 atom stereocenters. The lowest BCUT2D eigenvalue weighted by molar-refractivity contribution is -0.718. The third-order valence-corrected chi connectivity index (χ3v) is 2.00. The maximum atomic E-state index is 11.7. The van der Waals surface area contributed by atoms with Crippen LogP contribution in [0, 0.1) is 0 Å². The number of ether oxygens (including phenoxy) is 1. The molecule has 0 unspecified atom stereocenters. The fourth-order valence-corrected chi connectivity index (χ4v) is 1.35. The third-order valence-electron chi connectivity index (χ3n) is 2.00. The van der Waals surface area contributed by atoms with Crippen LogP contribution in [0.4, 0.5) is 0 Å². The van der Waals surface area contributed by atoms with Crippen molar-refractivity contribution in [2.75, 3.05) is 0 Å². The van der Waals surface area contributed by atoms with Gasteiger partial charge in [0.1, 0.15) is 0 Å². The van der Waals surface area contributed by atoms with Crippen molar-refractivity contribution in [3.63, 3.8) is 0 Å². The summed E-state index contributed by atoms with van der Waals surface area (Å²) >= 11 is 0. The summed E-state index contributed by atoms with van der Waals surface area (Å²) in [6.07, 6.45) is 1.81. The Bertz CT molecular complexity index is 345. The summed E-state index contributed by atoms with van der Waals surface area (Å²) < 4.78 is 7.07. The molecule has 82 valence electrons. The summed E-state index contributed by atoms with van der Waals surface area (Å²) in [6.45, 7) is 7.76. The molecule has 0 aliphatic carbocycles. The van der Waals surface area contributed by atoms with Crippen molar-refractivity contribution in [2.24, 2.45) is 0 Å². The molecule has 15 heavy (non-hydrogen) atoms. The van der Waals surface area contributed by atoms with Crippen LogP contribution < -0.4 is 4.57 Å². The zero-order valence-corrected chi connectivity index (χ0v) is 9.73. The van der Waals surface area contributed by atoms with E-state index in [0.717, 1.165) is 0 Å². The standard InChI is InChI=1S/C12H18NO2/c1-9(2)13-8-6-5-7-11(13)12(14)15-10(3)4/h5-10H,1-4H3/q+1. The zero-order valence-electron chi connectivity index (χ0n) is 9.73. The van der Waals surface area contributed by atoms with Crippen molar-refractivity contribution in [2.45, 2.75) is 39.8 Å². The first-order valence-corrected chi connectivity index (χ1v) is 5.23. The van der Waals surface area contributed by atoms with Gasteiger partial charge in [0.25, 0.3) is 5.69 Å². The van der Waals surface area contributed by atoms with E-state index < -0.39 is 0 Å². The first-order valence-electron chi connectivity index (χ1n) is 5.23. The van der Waals surface area contributed by atoms with Gasteiger partial charge in [-0.2, -0.15) is 4.57 Å². The summed E-state index contributed by atoms with van der Waals surface area (Å²) in [5.41, 5.74) is 0.598. The van der Waals surface area contributed by atoms with Crippen molar-refractivity contribution in [3.8, 4) is 0 Å². The van der Waals surface area contributed by atoms with Crippen LogP contribution in [0.15, 0.2) is 24.4 Å². The van der Waals surface area contributed by atoms with Gasteiger partial charge in [0, 0.05) is 12.1 Å². The Hall–Kier alpha value is -1.38. The van der Waals surface area contributed by atoms with Crippen molar-refractivity contribution >= 4 is 5.97 Å². The summed E-state index contributed by atoms with van der Waals surface area (Å²) in [6, 6.07) is 5.79. The molecule has 0 saturated carbocycles. The number of hydrogen-bond donors (Lipinski definition) is 0. The highest BCUT2D eigenvalue weighted by atomic mass is 16.5. The highest BCUT2D eigenvalue weighted by molar-refractivity contribution is 5.85. The summed E-state index contributed by atoms with van der Waals surface area (Å²) in [5.74, 6) is -0.265. The fourth-order valence-electron chi connectivity index (χ4n) is 1.35. The molecular weight excluding hydrogens is 190 g/mol. The molecule has 0 aliphatic heterocycles. The molecule has 1 heterocycles. The molecule has 3 heteroatoms. The van der Waals surface area contributed by atoms with Crippen LogP contribution in [-0.4, -0.2) is 12.1 Å². The maximum absolute atomic E-state index is 11.7. The molecule has 0 aliphatic rings. The summed E-state index contributed by atoms with van der Waals surface area (Å²) in [4.78, 5) is 11.7. The molecule has 1 rings (SSSR count). The van der Waals surface area contributed by atoms with E-state index in [1.54, 1.807) is 6.07 Å².